The predicted molar refractivity (Wildman–Crippen MR) is 173 cm³/mol. The van der Waals surface area contributed by atoms with Gasteiger partial charge in [0.15, 0.2) is 11.6 Å². The molecule has 4 fully saturated rings. The normalized spacial score (nSPS) is 33.6. The second-order valence-electron chi connectivity index (χ2n) is 14.6. The van der Waals surface area contributed by atoms with Crippen LogP contribution in [-0.2, 0) is 31.4 Å². The quantitative estimate of drug-likeness (QED) is 0.171. The second-order valence-corrected chi connectivity index (χ2v) is 14.6. The molecule has 14 nitrogen and oxygen atoms in total. The fourth-order valence-corrected chi connectivity index (χ4v) is 7.82. The van der Waals surface area contributed by atoms with E-state index in [0.29, 0.717) is 30.9 Å². The third kappa shape index (κ3) is 9.10. The van der Waals surface area contributed by atoms with Crippen molar-refractivity contribution in [3.63, 3.8) is 0 Å². The molecule has 6 N–H and O–H groups in total. The maximum atomic E-state index is 13.8. The average molecular weight is 777 g/mol. The Kier molecular flexibility index (Phi) is 12.1. The van der Waals surface area contributed by atoms with Crippen LogP contribution in [0, 0.1) is 23.7 Å². The van der Waals surface area contributed by atoms with Gasteiger partial charge in [-0.3, -0.25) is 9.59 Å². The zero-order valence-corrected chi connectivity index (χ0v) is 28.8. The van der Waals surface area contributed by atoms with Gasteiger partial charge < -0.3 is 40.5 Å². The molecule has 2 aliphatic carbocycles. The number of alkyl halides is 6. The summed E-state index contributed by atoms with van der Waals surface area (Å²) in [6.45, 7) is -0.719. The van der Waals surface area contributed by atoms with E-state index in [4.69, 9.17) is 9.47 Å². The molecule has 4 aliphatic rings. The lowest BCUT2D eigenvalue weighted by atomic mass is 9.78. The summed E-state index contributed by atoms with van der Waals surface area (Å²) < 4.78 is 89.9. The number of carbonyl (C=O) groups excluding carboxylic acids is 2. The molecular formula is C34H42F6N6O8. The summed E-state index contributed by atoms with van der Waals surface area (Å²) in [4.78, 5) is 41.6. The van der Waals surface area contributed by atoms with Crippen molar-refractivity contribution in [2.24, 2.45) is 23.7 Å². The minimum absolute atomic E-state index is 0.0974. The lowest BCUT2D eigenvalue weighted by molar-refractivity contribution is -0.167. The molecule has 0 bridgehead atoms. The number of Topliss-reactive ketones (excluding diaryl/α,β-unsaturated/α-hetero) is 2. The van der Waals surface area contributed by atoms with Crippen LogP contribution in [0.1, 0.15) is 62.8 Å². The van der Waals surface area contributed by atoms with Crippen LogP contribution in [0.3, 0.4) is 0 Å². The number of hydrogen-bond acceptors (Lipinski definition) is 14. The number of carbonyl (C=O) groups is 2. The summed E-state index contributed by atoms with van der Waals surface area (Å²) in [5.74, 6) is -2.51. The second kappa shape index (κ2) is 16.3. The molecule has 2 aromatic rings. The van der Waals surface area contributed by atoms with E-state index in [1.807, 2.05) is 0 Å². The summed E-state index contributed by atoms with van der Waals surface area (Å²) in [7, 11) is 0. The number of aliphatic hydroxyl groups is 4. The Bertz CT molecular complexity index is 1640. The highest BCUT2D eigenvalue weighted by atomic mass is 19.4. The average Bonchev–Trinajstić information content (AvgIpc) is 3.49. The molecule has 2 aliphatic heterocycles. The van der Waals surface area contributed by atoms with Crippen molar-refractivity contribution in [3.05, 3.63) is 35.9 Å². The summed E-state index contributed by atoms with van der Waals surface area (Å²) in [6, 6.07) is -0.926. The Morgan fingerprint density at radius 2 is 1.22 bits per heavy atom. The minimum Gasteiger partial charge on any atom is -0.388 e. The first kappa shape index (κ1) is 40.1. The summed E-state index contributed by atoms with van der Waals surface area (Å²) >= 11 is 0. The molecule has 0 radical (unpaired) electrons. The van der Waals surface area contributed by atoms with E-state index in [2.05, 4.69) is 30.6 Å². The molecule has 11 atom stereocenters. The third-order valence-electron chi connectivity index (χ3n) is 11.1. The van der Waals surface area contributed by atoms with Crippen molar-refractivity contribution in [3.8, 4) is 0 Å². The van der Waals surface area contributed by atoms with E-state index >= 15 is 0 Å². The Morgan fingerprint density at radius 1 is 0.722 bits per heavy atom. The number of nitrogens with zero attached hydrogens (tertiary/aromatic N) is 4. The number of halogens is 6. The molecular weight excluding hydrogens is 734 g/mol. The van der Waals surface area contributed by atoms with Crippen molar-refractivity contribution in [2.75, 3.05) is 23.8 Å². The Morgan fingerprint density at radius 3 is 1.72 bits per heavy atom. The van der Waals surface area contributed by atoms with Crippen LogP contribution in [-0.4, -0.2) is 114 Å². The molecule has 6 rings (SSSR count). The van der Waals surface area contributed by atoms with Gasteiger partial charge in [0, 0.05) is 24.7 Å². The smallest absolute Gasteiger partial charge is 0.388 e. The van der Waals surface area contributed by atoms with Gasteiger partial charge in [-0.2, -0.15) is 26.3 Å². The van der Waals surface area contributed by atoms with Gasteiger partial charge in [-0.15, -0.1) is 0 Å². The lowest BCUT2D eigenvalue weighted by Crippen LogP contribution is -2.58. The number of anilines is 2. The first-order valence-electron chi connectivity index (χ1n) is 17.8. The Balaban J connectivity index is 1.07. The van der Waals surface area contributed by atoms with Gasteiger partial charge >= 0.3 is 12.4 Å². The largest absolute Gasteiger partial charge is 0.433 e. The van der Waals surface area contributed by atoms with E-state index in [-0.39, 0.29) is 37.9 Å². The Hall–Kier alpha value is -3.56. The monoisotopic (exact) mass is 776 g/mol. The maximum absolute atomic E-state index is 13.8. The van der Waals surface area contributed by atoms with Gasteiger partial charge in [0.25, 0.3) is 0 Å². The van der Waals surface area contributed by atoms with E-state index in [1.165, 1.54) is 0 Å². The molecule has 5 unspecified atom stereocenters. The standard InChI is InChI=1S/C34H42F6N6O8/c35-33(36,37)22-6-8-41-31(45-22)43-19-13-53-29(27(51)25(19)49)21(47)12-17-11-18(10-16(17)5-4-15-2-1-3-15)24(48)30-28(52)26(50)20(14-54-30)44-32-42-9-7-23(46-32)34(38,39)40/h6-9,15-20,25-30,49-52H,1-5,10-14H2,(H,41,43,45)(H,42,44,46)/t16?,17?,18?,19-,20-,25+,26+,27+,28+,29?,30?/m0/s1. The topological polar surface area (TPSA) is 209 Å². The fraction of sp³-hybridized carbons (Fsp3) is 0.706. The molecule has 2 saturated heterocycles. The van der Waals surface area contributed by atoms with Crippen LogP contribution in [0.15, 0.2) is 24.5 Å². The summed E-state index contributed by atoms with van der Waals surface area (Å²) in [5, 5.41) is 48.5. The number of aliphatic hydroxyl groups excluding tert-OH is 4. The molecule has 4 heterocycles. The Labute approximate surface area is 305 Å². The molecule has 20 heteroatoms. The molecule has 0 spiro atoms. The van der Waals surface area contributed by atoms with Crippen LogP contribution >= 0.6 is 0 Å². The van der Waals surface area contributed by atoms with Gasteiger partial charge in [0.1, 0.15) is 48.0 Å². The highest BCUT2D eigenvalue weighted by Gasteiger charge is 2.49. The molecule has 2 aromatic heterocycles. The van der Waals surface area contributed by atoms with Crippen molar-refractivity contribution in [2.45, 2.75) is 112 Å². The van der Waals surface area contributed by atoms with Crippen LogP contribution in [0.2, 0.25) is 0 Å². The van der Waals surface area contributed by atoms with Gasteiger partial charge in [0.2, 0.25) is 11.9 Å². The van der Waals surface area contributed by atoms with Gasteiger partial charge in [-0.1, -0.05) is 25.7 Å². The van der Waals surface area contributed by atoms with E-state index < -0.39 is 102 Å². The van der Waals surface area contributed by atoms with Crippen molar-refractivity contribution in [1.29, 1.82) is 0 Å². The van der Waals surface area contributed by atoms with Crippen molar-refractivity contribution < 1.29 is 65.8 Å². The number of rotatable bonds is 12. The van der Waals surface area contributed by atoms with Crippen molar-refractivity contribution >= 4 is 23.5 Å². The first-order chi connectivity index (χ1) is 25.5. The predicted octanol–water partition coefficient (Wildman–Crippen LogP) is 2.56. The van der Waals surface area contributed by atoms with E-state index in [0.717, 1.165) is 38.1 Å². The van der Waals surface area contributed by atoms with Gasteiger partial charge in [-0.25, -0.2) is 19.9 Å². The number of aromatic nitrogens is 4. The molecule has 54 heavy (non-hydrogen) atoms. The zero-order valence-electron chi connectivity index (χ0n) is 28.8. The fourth-order valence-electron chi connectivity index (χ4n) is 7.82. The maximum Gasteiger partial charge on any atom is 0.433 e. The number of ether oxygens (including phenoxy) is 2. The van der Waals surface area contributed by atoms with Crippen LogP contribution in [0.4, 0.5) is 38.2 Å². The van der Waals surface area contributed by atoms with Crippen LogP contribution in [0.5, 0.6) is 0 Å². The number of ketones is 2. The summed E-state index contributed by atoms with van der Waals surface area (Å²) in [6.07, 6.45) is -12.0. The zero-order chi connectivity index (χ0) is 38.9. The molecule has 2 saturated carbocycles. The number of hydrogen-bond donors (Lipinski definition) is 6. The lowest BCUT2D eigenvalue weighted by Gasteiger charge is -2.38. The SMILES string of the molecule is O=C(CC1CC(C(=O)C2OC[C@H](Nc3nccc(C(F)(F)F)n3)[C@@H](O)[C@H]2O)CC1CCC1CCC1)C1OC[C@H](Nc2nccc(C(F)(F)F)n2)[C@@H](O)[C@H]1O. The molecule has 298 valence electrons. The third-order valence-corrected chi connectivity index (χ3v) is 11.1. The molecule has 0 aromatic carbocycles. The highest BCUT2D eigenvalue weighted by molar-refractivity contribution is 5.87. The van der Waals surface area contributed by atoms with E-state index in [9.17, 15) is 56.4 Å². The first-order valence-corrected chi connectivity index (χ1v) is 17.8. The van der Waals surface area contributed by atoms with Crippen LogP contribution < -0.4 is 10.6 Å². The van der Waals surface area contributed by atoms with Crippen molar-refractivity contribution in [1.82, 2.24) is 19.9 Å². The van der Waals surface area contributed by atoms with Gasteiger partial charge in [-0.05, 0) is 49.1 Å². The highest BCUT2D eigenvalue weighted by Crippen LogP contribution is 2.45. The minimum atomic E-state index is -4.74. The number of nitrogens with one attached hydrogen (secondary N) is 2. The summed E-state index contributed by atoms with van der Waals surface area (Å²) in [5.41, 5.74) is -2.43. The van der Waals surface area contributed by atoms with Gasteiger partial charge in [0.05, 0.1) is 25.3 Å². The molecule has 0 amide bonds. The van der Waals surface area contributed by atoms with Crippen LogP contribution in [0.25, 0.3) is 0 Å². The van der Waals surface area contributed by atoms with E-state index in [1.54, 1.807) is 0 Å².